The number of benzene rings is 1. The number of amides is 1. The lowest BCUT2D eigenvalue weighted by Crippen LogP contribution is -2.55. The fourth-order valence-corrected chi connectivity index (χ4v) is 4.47. The number of halogens is 1. The van der Waals surface area contributed by atoms with Gasteiger partial charge in [-0.15, -0.1) is 24.0 Å². The maximum atomic E-state index is 12.6. The van der Waals surface area contributed by atoms with Crippen LogP contribution >= 0.6 is 24.0 Å². The second-order valence-electron chi connectivity index (χ2n) is 8.07. The number of nitrogens with zero attached hydrogens (tertiary/aromatic N) is 3. The van der Waals surface area contributed by atoms with Gasteiger partial charge >= 0.3 is 0 Å². The number of hydrogen-bond acceptors (Lipinski definition) is 3. The van der Waals surface area contributed by atoms with E-state index in [9.17, 15) is 4.79 Å². The molecule has 0 aliphatic carbocycles. The van der Waals surface area contributed by atoms with Crippen molar-refractivity contribution in [2.24, 2.45) is 4.99 Å². The van der Waals surface area contributed by atoms with E-state index >= 15 is 0 Å². The predicted octanol–water partition coefficient (Wildman–Crippen LogP) is 2.93. The third kappa shape index (κ3) is 5.52. The molecule has 0 radical (unpaired) electrons. The van der Waals surface area contributed by atoms with Gasteiger partial charge in [-0.1, -0.05) is 18.2 Å². The summed E-state index contributed by atoms with van der Waals surface area (Å²) in [7, 11) is 0. The topological polar surface area (TPSA) is 73.0 Å². The molecule has 0 bridgehead atoms. The molecule has 1 atom stereocenters. The molecule has 8 heteroatoms. The van der Waals surface area contributed by atoms with E-state index in [1.165, 1.54) is 22.2 Å². The highest BCUT2D eigenvalue weighted by molar-refractivity contribution is 14.0. The van der Waals surface area contributed by atoms with Crippen molar-refractivity contribution in [2.75, 3.05) is 45.9 Å². The molecule has 1 aromatic carbocycles. The van der Waals surface area contributed by atoms with Crippen molar-refractivity contribution in [3.05, 3.63) is 35.5 Å². The van der Waals surface area contributed by atoms with Crippen LogP contribution in [0.3, 0.4) is 0 Å². The summed E-state index contributed by atoms with van der Waals surface area (Å²) in [6, 6.07) is 8.44. The molecule has 2 aromatic rings. The number of hydrogen-bond donors (Lipinski definition) is 2. The van der Waals surface area contributed by atoms with Gasteiger partial charge in [0, 0.05) is 62.5 Å². The number of carbonyl (C=O) groups is 1. The highest BCUT2D eigenvalue weighted by atomic mass is 127. The molecule has 3 heterocycles. The van der Waals surface area contributed by atoms with Crippen LogP contribution in [0.15, 0.2) is 29.3 Å². The fraction of sp³-hybridized carbons (Fsp3) is 0.565. The Morgan fingerprint density at radius 3 is 2.68 bits per heavy atom. The Morgan fingerprint density at radius 2 is 1.97 bits per heavy atom. The first kappa shape index (κ1) is 23.8. The van der Waals surface area contributed by atoms with Gasteiger partial charge in [-0.3, -0.25) is 9.79 Å². The van der Waals surface area contributed by atoms with Crippen molar-refractivity contribution in [3.8, 4) is 0 Å². The molecule has 1 amide bonds. The first-order chi connectivity index (χ1) is 14.7. The molecule has 7 nitrogen and oxygen atoms in total. The van der Waals surface area contributed by atoms with Crippen LogP contribution in [0, 0.1) is 6.92 Å². The van der Waals surface area contributed by atoms with E-state index in [0.29, 0.717) is 6.61 Å². The molecule has 1 aromatic heterocycles. The molecule has 0 saturated carbocycles. The zero-order chi connectivity index (χ0) is 20.9. The quantitative estimate of drug-likeness (QED) is 0.348. The summed E-state index contributed by atoms with van der Waals surface area (Å²) in [4.78, 5) is 25.2. The Kier molecular flexibility index (Phi) is 8.59. The van der Waals surface area contributed by atoms with Crippen LogP contribution < -0.4 is 5.32 Å². The lowest BCUT2D eigenvalue weighted by Gasteiger charge is -2.37. The van der Waals surface area contributed by atoms with Crippen molar-refractivity contribution < 1.29 is 9.53 Å². The summed E-state index contributed by atoms with van der Waals surface area (Å²) in [5.74, 6) is 1.10. The Labute approximate surface area is 201 Å². The SMILES string of the molecule is CCNC(=NCCc1c(C)[nH]c2ccccc12)N1CCN(C(=O)C2CCCO2)CC1.I. The van der Waals surface area contributed by atoms with Crippen LogP contribution in [-0.4, -0.2) is 78.6 Å². The van der Waals surface area contributed by atoms with Gasteiger partial charge in [-0.25, -0.2) is 0 Å². The van der Waals surface area contributed by atoms with Crippen molar-refractivity contribution >= 4 is 46.7 Å². The summed E-state index contributed by atoms with van der Waals surface area (Å²) >= 11 is 0. The summed E-state index contributed by atoms with van der Waals surface area (Å²) in [6.45, 7) is 9.57. The number of fused-ring (bicyclic) bond motifs is 1. The maximum absolute atomic E-state index is 12.6. The molecular weight excluding hydrogens is 505 g/mol. The number of nitrogens with one attached hydrogen (secondary N) is 2. The van der Waals surface area contributed by atoms with Crippen molar-refractivity contribution in [1.82, 2.24) is 20.1 Å². The summed E-state index contributed by atoms with van der Waals surface area (Å²) in [5, 5.41) is 4.71. The van der Waals surface area contributed by atoms with Crippen LogP contribution in [0.1, 0.15) is 31.0 Å². The van der Waals surface area contributed by atoms with Crippen molar-refractivity contribution in [3.63, 3.8) is 0 Å². The van der Waals surface area contributed by atoms with Crippen LogP contribution in [0.5, 0.6) is 0 Å². The Bertz CT molecular complexity index is 899. The Morgan fingerprint density at radius 1 is 1.23 bits per heavy atom. The van der Waals surface area contributed by atoms with Gasteiger partial charge in [0.2, 0.25) is 0 Å². The van der Waals surface area contributed by atoms with E-state index in [2.05, 4.69) is 53.3 Å². The Balaban J connectivity index is 0.00000272. The van der Waals surface area contributed by atoms with Crippen LogP contribution in [0.25, 0.3) is 10.9 Å². The average molecular weight is 539 g/mol. The average Bonchev–Trinajstić information content (AvgIpc) is 3.41. The molecule has 2 N–H and O–H groups in total. The minimum atomic E-state index is -0.224. The third-order valence-corrected chi connectivity index (χ3v) is 6.08. The number of aryl methyl sites for hydroxylation is 1. The van der Waals surface area contributed by atoms with Gasteiger partial charge in [0.05, 0.1) is 0 Å². The van der Waals surface area contributed by atoms with Gasteiger partial charge in [0.15, 0.2) is 5.96 Å². The van der Waals surface area contributed by atoms with E-state index < -0.39 is 0 Å². The first-order valence-electron chi connectivity index (χ1n) is 11.2. The van der Waals surface area contributed by atoms with Crippen molar-refractivity contribution in [2.45, 2.75) is 39.2 Å². The smallest absolute Gasteiger partial charge is 0.251 e. The number of aromatic amines is 1. The van der Waals surface area contributed by atoms with Gasteiger partial charge in [-0.2, -0.15) is 0 Å². The van der Waals surface area contributed by atoms with E-state index in [1.807, 2.05) is 4.90 Å². The van der Waals surface area contributed by atoms with Gasteiger partial charge in [0.25, 0.3) is 5.91 Å². The summed E-state index contributed by atoms with van der Waals surface area (Å²) in [5.41, 5.74) is 3.75. The number of rotatable bonds is 5. The number of aromatic nitrogens is 1. The number of guanidine groups is 1. The van der Waals surface area contributed by atoms with Crippen molar-refractivity contribution in [1.29, 1.82) is 0 Å². The second-order valence-corrected chi connectivity index (χ2v) is 8.07. The van der Waals surface area contributed by atoms with E-state index in [1.54, 1.807) is 0 Å². The van der Waals surface area contributed by atoms with Gasteiger partial charge < -0.3 is 24.8 Å². The number of aliphatic imine (C=N–C) groups is 1. The first-order valence-corrected chi connectivity index (χ1v) is 11.2. The third-order valence-electron chi connectivity index (χ3n) is 6.08. The number of piperazine rings is 1. The second kappa shape index (κ2) is 11.2. The predicted molar refractivity (Wildman–Crippen MR) is 135 cm³/mol. The molecule has 31 heavy (non-hydrogen) atoms. The van der Waals surface area contributed by atoms with Gasteiger partial charge in [-0.05, 0) is 44.7 Å². The zero-order valence-electron chi connectivity index (χ0n) is 18.5. The minimum absolute atomic E-state index is 0. The van der Waals surface area contributed by atoms with Gasteiger partial charge in [0.1, 0.15) is 6.10 Å². The fourth-order valence-electron chi connectivity index (χ4n) is 4.47. The molecule has 2 aliphatic rings. The highest BCUT2D eigenvalue weighted by Crippen LogP contribution is 2.22. The van der Waals surface area contributed by atoms with E-state index in [0.717, 1.165) is 64.5 Å². The lowest BCUT2D eigenvalue weighted by molar-refractivity contribution is -0.142. The molecule has 4 rings (SSSR count). The standard InChI is InChI=1S/C23H33N5O2.HI/c1-3-24-23(25-11-10-18-17(2)26-20-8-5-4-7-19(18)20)28-14-12-27(13-15-28)22(29)21-9-6-16-30-21;/h4-5,7-8,21,26H,3,6,9-16H2,1-2H3,(H,24,25);1H. The van der Waals surface area contributed by atoms with E-state index in [-0.39, 0.29) is 36.0 Å². The molecule has 170 valence electrons. The largest absolute Gasteiger partial charge is 0.368 e. The highest BCUT2D eigenvalue weighted by Gasteiger charge is 2.30. The summed E-state index contributed by atoms with van der Waals surface area (Å²) < 4.78 is 5.57. The molecule has 0 spiro atoms. The molecule has 2 aliphatic heterocycles. The normalized spacial score (nSPS) is 19.5. The summed E-state index contributed by atoms with van der Waals surface area (Å²) in [6.07, 6.45) is 2.53. The number of carbonyl (C=O) groups excluding carboxylic acids is 1. The monoisotopic (exact) mass is 539 g/mol. The molecule has 1 unspecified atom stereocenters. The zero-order valence-corrected chi connectivity index (χ0v) is 20.9. The van der Waals surface area contributed by atoms with Crippen LogP contribution in [0.4, 0.5) is 0 Å². The molecular formula is C23H34IN5O2. The number of ether oxygens (including phenoxy) is 1. The van der Waals surface area contributed by atoms with Crippen LogP contribution in [-0.2, 0) is 16.0 Å². The minimum Gasteiger partial charge on any atom is -0.368 e. The van der Waals surface area contributed by atoms with E-state index in [4.69, 9.17) is 9.73 Å². The molecule has 2 fully saturated rings. The van der Waals surface area contributed by atoms with Crippen LogP contribution in [0.2, 0.25) is 0 Å². The maximum Gasteiger partial charge on any atom is 0.251 e. The molecule has 2 saturated heterocycles. The number of para-hydroxylation sites is 1. The Hall–Kier alpha value is -1.81. The number of H-pyrrole nitrogens is 1. The lowest BCUT2D eigenvalue weighted by atomic mass is 10.1.